The van der Waals surface area contributed by atoms with E-state index in [1.165, 1.54) is 0 Å². The summed E-state index contributed by atoms with van der Waals surface area (Å²) in [6.45, 7) is 5.10. The van der Waals surface area contributed by atoms with Crippen molar-refractivity contribution in [2.75, 3.05) is 5.32 Å². The van der Waals surface area contributed by atoms with Crippen molar-refractivity contribution in [1.82, 2.24) is 4.98 Å². The van der Waals surface area contributed by atoms with Crippen molar-refractivity contribution in [3.63, 3.8) is 0 Å². The number of pyridine rings is 1. The van der Waals surface area contributed by atoms with Crippen molar-refractivity contribution in [2.45, 2.75) is 26.2 Å². The van der Waals surface area contributed by atoms with Crippen LogP contribution in [0.2, 0.25) is 0 Å². The second-order valence-corrected chi connectivity index (χ2v) is 5.63. The number of anilines is 1. The normalized spacial score (nSPS) is 11.0. The molecule has 0 fully saturated rings. The summed E-state index contributed by atoms with van der Waals surface area (Å²) in [5.74, 6) is -1.19. The molecule has 5 nitrogen and oxygen atoms in total. The number of hydrogen-bond donors (Lipinski definition) is 2. The molecule has 0 aliphatic heterocycles. The molecule has 0 radical (unpaired) electrons. The highest BCUT2D eigenvalue weighted by molar-refractivity contribution is 6.02. The lowest BCUT2D eigenvalue weighted by Crippen LogP contribution is -2.28. The van der Waals surface area contributed by atoms with E-state index >= 15 is 0 Å². The van der Waals surface area contributed by atoms with Crippen molar-refractivity contribution < 1.29 is 14.7 Å². The number of nitrogens with one attached hydrogen (secondary N) is 1. The number of rotatable bonds is 4. The van der Waals surface area contributed by atoms with Gasteiger partial charge in [-0.05, 0) is 50.6 Å². The number of aliphatic carboxylic acids is 1. The molecule has 0 spiro atoms. The van der Waals surface area contributed by atoms with Gasteiger partial charge >= 0.3 is 5.97 Å². The first-order valence-corrected chi connectivity index (χ1v) is 6.89. The van der Waals surface area contributed by atoms with Crippen LogP contribution in [0.3, 0.4) is 0 Å². The molecule has 1 aromatic heterocycles. The third-order valence-corrected chi connectivity index (χ3v) is 3.52. The Bertz CT molecular complexity index is 706. The number of aromatic nitrogens is 1. The zero-order valence-electron chi connectivity index (χ0n) is 12.8. The number of carboxylic acid groups (broad SMARTS) is 1. The summed E-state index contributed by atoms with van der Waals surface area (Å²) < 4.78 is 0. The predicted molar refractivity (Wildman–Crippen MR) is 84.0 cm³/mol. The lowest BCUT2D eigenvalue weighted by Gasteiger charge is -2.19. The molecular weight excluding hydrogens is 280 g/mol. The Hall–Kier alpha value is -2.69. The molecule has 0 saturated carbocycles. The van der Waals surface area contributed by atoms with Crippen molar-refractivity contribution in [3.05, 3.63) is 59.4 Å². The van der Waals surface area contributed by atoms with Crippen LogP contribution >= 0.6 is 0 Å². The molecule has 2 aromatic rings. The standard InChI is InChI=1S/C17H18N2O3/c1-11-5-4-6-14(18-11)15(20)19-13-9-7-12(8-10-13)17(2,3)16(21)22/h4-10H,1-3H3,(H,19,20)(H,21,22). The van der Waals surface area contributed by atoms with Gasteiger partial charge in [0.15, 0.2) is 0 Å². The number of benzene rings is 1. The molecule has 1 amide bonds. The van der Waals surface area contributed by atoms with Crippen molar-refractivity contribution >= 4 is 17.6 Å². The minimum Gasteiger partial charge on any atom is -0.481 e. The van der Waals surface area contributed by atoms with E-state index in [-0.39, 0.29) is 5.91 Å². The van der Waals surface area contributed by atoms with Crippen LogP contribution in [0.15, 0.2) is 42.5 Å². The van der Waals surface area contributed by atoms with Gasteiger partial charge in [0.25, 0.3) is 5.91 Å². The molecule has 114 valence electrons. The van der Waals surface area contributed by atoms with E-state index in [1.54, 1.807) is 50.2 Å². The Kier molecular flexibility index (Phi) is 4.26. The molecule has 0 atom stereocenters. The maximum Gasteiger partial charge on any atom is 0.313 e. The van der Waals surface area contributed by atoms with Crippen molar-refractivity contribution in [3.8, 4) is 0 Å². The topological polar surface area (TPSA) is 79.3 Å². The molecule has 0 saturated heterocycles. The zero-order valence-corrected chi connectivity index (χ0v) is 12.8. The smallest absolute Gasteiger partial charge is 0.313 e. The molecule has 0 aliphatic carbocycles. The molecule has 0 bridgehead atoms. The van der Waals surface area contributed by atoms with E-state index in [0.717, 1.165) is 5.69 Å². The number of carbonyl (C=O) groups is 2. The summed E-state index contributed by atoms with van der Waals surface area (Å²) in [4.78, 5) is 27.5. The molecule has 5 heteroatoms. The zero-order chi connectivity index (χ0) is 16.3. The van der Waals surface area contributed by atoms with Crippen LogP contribution in [0, 0.1) is 6.92 Å². The maximum absolute atomic E-state index is 12.1. The molecule has 2 N–H and O–H groups in total. The largest absolute Gasteiger partial charge is 0.481 e. The Labute approximate surface area is 129 Å². The minimum atomic E-state index is -0.972. The SMILES string of the molecule is Cc1cccc(C(=O)Nc2ccc(C(C)(C)C(=O)O)cc2)n1. The van der Waals surface area contributed by atoms with E-state index < -0.39 is 11.4 Å². The van der Waals surface area contributed by atoms with Gasteiger partial charge in [-0.1, -0.05) is 18.2 Å². The Morgan fingerprint density at radius 2 is 1.73 bits per heavy atom. The highest BCUT2D eigenvalue weighted by Gasteiger charge is 2.29. The van der Waals surface area contributed by atoms with E-state index in [9.17, 15) is 14.7 Å². The molecule has 0 unspecified atom stereocenters. The van der Waals surface area contributed by atoms with Gasteiger partial charge in [-0.25, -0.2) is 4.98 Å². The number of aryl methyl sites for hydroxylation is 1. The lowest BCUT2D eigenvalue weighted by atomic mass is 9.85. The highest BCUT2D eigenvalue weighted by atomic mass is 16.4. The quantitative estimate of drug-likeness (QED) is 0.909. The van der Waals surface area contributed by atoms with Gasteiger partial charge in [0, 0.05) is 11.4 Å². The van der Waals surface area contributed by atoms with Gasteiger partial charge in [0.2, 0.25) is 0 Å². The fourth-order valence-corrected chi connectivity index (χ4v) is 1.96. The second-order valence-electron chi connectivity index (χ2n) is 5.63. The first kappa shape index (κ1) is 15.7. The average molecular weight is 298 g/mol. The molecular formula is C17H18N2O3. The Morgan fingerprint density at radius 1 is 1.09 bits per heavy atom. The second kappa shape index (κ2) is 5.97. The van der Waals surface area contributed by atoms with Crippen LogP contribution < -0.4 is 5.32 Å². The van der Waals surface area contributed by atoms with Crippen LogP contribution in [-0.2, 0) is 10.2 Å². The van der Waals surface area contributed by atoms with Crippen molar-refractivity contribution in [1.29, 1.82) is 0 Å². The number of carboxylic acids is 1. The van der Waals surface area contributed by atoms with Crippen LogP contribution in [0.5, 0.6) is 0 Å². The highest BCUT2D eigenvalue weighted by Crippen LogP contribution is 2.24. The summed E-state index contributed by atoms with van der Waals surface area (Å²) in [6.07, 6.45) is 0. The summed E-state index contributed by atoms with van der Waals surface area (Å²) in [7, 11) is 0. The summed E-state index contributed by atoms with van der Waals surface area (Å²) in [6, 6.07) is 12.0. The molecule has 1 heterocycles. The van der Waals surface area contributed by atoms with Gasteiger partial charge in [0.1, 0.15) is 5.69 Å². The summed E-state index contributed by atoms with van der Waals surface area (Å²) in [5, 5.41) is 12.0. The van der Waals surface area contributed by atoms with Crippen molar-refractivity contribution in [2.24, 2.45) is 0 Å². The number of carbonyl (C=O) groups excluding carboxylic acids is 1. The van der Waals surface area contributed by atoms with Gasteiger partial charge in [-0.15, -0.1) is 0 Å². The number of nitrogens with zero attached hydrogens (tertiary/aromatic N) is 1. The predicted octanol–water partition coefficient (Wildman–Crippen LogP) is 3.00. The summed E-state index contributed by atoms with van der Waals surface area (Å²) in [5.41, 5.74) is 1.41. The Morgan fingerprint density at radius 3 is 2.27 bits per heavy atom. The average Bonchev–Trinajstić information content (AvgIpc) is 2.47. The van der Waals surface area contributed by atoms with Gasteiger partial charge in [-0.2, -0.15) is 0 Å². The van der Waals surface area contributed by atoms with Crippen LogP contribution in [0.4, 0.5) is 5.69 Å². The lowest BCUT2D eigenvalue weighted by molar-refractivity contribution is -0.142. The van der Waals surface area contributed by atoms with Gasteiger partial charge in [0.05, 0.1) is 5.41 Å². The van der Waals surface area contributed by atoms with E-state index in [1.807, 2.05) is 13.0 Å². The summed E-state index contributed by atoms with van der Waals surface area (Å²) >= 11 is 0. The number of hydrogen-bond acceptors (Lipinski definition) is 3. The monoisotopic (exact) mass is 298 g/mol. The van der Waals surface area contributed by atoms with Crippen LogP contribution in [-0.4, -0.2) is 22.0 Å². The van der Waals surface area contributed by atoms with E-state index in [2.05, 4.69) is 10.3 Å². The molecule has 2 rings (SSSR count). The maximum atomic E-state index is 12.1. The van der Waals surface area contributed by atoms with Gasteiger partial charge in [-0.3, -0.25) is 9.59 Å². The first-order valence-electron chi connectivity index (χ1n) is 6.89. The fraction of sp³-hybridized carbons (Fsp3) is 0.235. The van der Waals surface area contributed by atoms with E-state index in [0.29, 0.717) is 16.9 Å². The fourth-order valence-electron chi connectivity index (χ4n) is 1.96. The van der Waals surface area contributed by atoms with Crippen LogP contribution in [0.1, 0.15) is 35.6 Å². The first-order chi connectivity index (χ1) is 10.3. The van der Waals surface area contributed by atoms with Crippen LogP contribution in [0.25, 0.3) is 0 Å². The third-order valence-electron chi connectivity index (χ3n) is 3.52. The third kappa shape index (κ3) is 3.31. The molecule has 1 aromatic carbocycles. The number of amides is 1. The Balaban J connectivity index is 2.15. The molecule has 22 heavy (non-hydrogen) atoms. The minimum absolute atomic E-state index is 0.297. The molecule has 0 aliphatic rings. The van der Waals surface area contributed by atoms with E-state index in [4.69, 9.17) is 0 Å². The van der Waals surface area contributed by atoms with Gasteiger partial charge < -0.3 is 10.4 Å².